The van der Waals surface area contributed by atoms with Crippen molar-refractivity contribution >= 4 is 5.84 Å². The van der Waals surface area contributed by atoms with Crippen molar-refractivity contribution in [1.29, 1.82) is 5.41 Å². The van der Waals surface area contributed by atoms with Gasteiger partial charge >= 0.3 is 0 Å². The van der Waals surface area contributed by atoms with E-state index in [4.69, 9.17) is 15.9 Å². The summed E-state index contributed by atoms with van der Waals surface area (Å²) in [4.78, 5) is 2.33. The topological polar surface area (TPSA) is 62.3 Å². The van der Waals surface area contributed by atoms with E-state index in [0.29, 0.717) is 19.1 Å². The van der Waals surface area contributed by atoms with Crippen LogP contribution in [0.15, 0.2) is 30.3 Å². The Morgan fingerprint density at radius 3 is 2.53 bits per heavy atom. The molecule has 106 valence electrons. The molecule has 0 radical (unpaired) electrons. The number of benzene rings is 1. The summed E-state index contributed by atoms with van der Waals surface area (Å²) in [6.45, 7) is 6.86. The van der Waals surface area contributed by atoms with Crippen LogP contribution in [0.3, 0.4) is 0 Å². The molecule has 0 bridgehead atoms. The molecule has 0 aromatic heterocycles. The molecule has 0 aliphatic heterocycles. The Morgan fingerprint density at radius 2 is 1.95 bits per heavy atom. The van der Waals surface area contributed by atoms with Crippen molar-refractivity contribution in [3.8, 4) is 5.75 Å². The maximum Gasteiger partial charge on any atom is 0.119 e. The van der Waals surface area contributed by atoms with Crippen LogP contribution < -0.4 is 10.5 Å². The molecule has 0 saturated heterocycles. The van der Waals surface area contributed by atoms with Crippen LogP contribution in [0.5, 0.6) is 5.75 Å². The van der Waals surface area contributed by atoms with Gasteiger partial charge in [-0.1, -0.05) is 18.2 Å². The van der Waals surface area contributed by atoms with Crippen LogP contribution >= 0.6 is 0 Å². The summed E-state index contributed by atoms with van der Waals surface area (Å²) in [5.74, 6) is 1.17. The number of hydrogen-bond donors (Lipinski definition) is 2. The second-order valence-electron chi connectivity index (χ2n) is 4.92. The largest absolute Gasteiger partial charge is 0.494 e. The molecule has 19 heavy (non-hydrogen) atoms. The third-order valence-electron chi connectivity index (χ3n) is 3.00. The SMILES string of the molecule is CC(C)N(CCCOc1ccccc1)CCC(=N)N. The molecule has 1 aromatic rings. The Kier molecular flexibility index (Phi) is 6.97. The number of nitrogens with one attached hydrogen (secondary N) is 1. The normalized spacial score (nSPS) is 10.9. The maximum absolute atomic E-state index is 7.28. The summed E-state index contributed by atoms with van der Waals surface area (Å²) in [5, 5.41) is 7.28. The van der Waals surface area contributed by atoms with E-state index >= 15 is 0 Å². The average molecular weight is 263 g/mol. The molecule has 0 aliphatic rings. The Hall–Kier alpha value is -1.55. The van der Waals surface area contributed by atoms with Gasteiger partial charge in [-0.05, 0) is 32.4 Å². The van der Waals surface area contributed by atoms with Crippen LogP contribution in [-0.4, -0.2) is 36.5 Å². The highest BCUT2D eigenvalue weighted by Crippen LogP contribution is 2.09. The molecule has 3 N–H and O–H groups in total. The monoisotopic (exact) mass is 263 g/mol. The van der Waals surface area contributed by atoms with Gasteiger partial charge in [-0.3, -0.25) is 5.41 Å². The molecule has 0 atom stereocenters. The summed E-state index contributed by atoms with van der Waals surface area (Å²) in [7, 11) is 0. The van der Waals surface area contributed by atoms with Crippen LogP contribution in [0.4, 0.5) is 0 Å². The van der Waals surface area contributed by atoms with Crippen molar-refractivity contribution in [3.63, 3.8) is 0 Å². The van der Waals surface area contributed by atoms with Crippen LogP contribution in [0.25, 0.3) is 0 Å². The van der Waals surface area contributed by atoms with E-state index in [1.807, 2.05) is 30.3 Å². The minimum atomic E-state index is 0.256. The van der Waals surface area contributed by atoms with Crippen molar-refractivity contribution < 1.29 is 4.74 Å². The highest BCUT2D eigenvalue weighted by atomic mass is 16.5. The van der Waals surface area contributed by atoms with Gasteiger partial charge in [-0.15, -0.1) is 0 Å². The van der Waals surface area contributed by atoms with E-state index in [2.05, 4.69) is 18.7 Å². The van der Waals surface area contributed by atoms with E-state index in [9.17, 15) is 0 Å². The average Bonchev–Trinajstić information content (AvgIpc) is 2.38. The number of rotatable bonds is 9. The van der Waals surface area contributed by atoms with Crippen LogP contribution in [0, 0.1) is 5.41 Å². The molecular weight excluding hydrogens is 238 g/mol. The van der Waals surface area contributed by atoms with Gasteiger partial charge < -0.3 is 15.4 Å². The van der Waals surface area contributed by atoms with Crippen LogP contribution in [0.2, 0.25) is 0 Å². The lowest BCUT2D eigenvalue weighted by Crippen LogP contribution is -2.35. The molecule has 1 aromatic carbocycles. The van der Waals surface area contributed by atoms with Gasteiger partial charge in [0.1, 0.15) is 5.75 Å². The number of hydrogen-bond acceptors (Lipinski definition) is 3. The number of nitrogens with zero attached hydrogens (tertiary/aromatic N) is 1. The molecule has 0 fully saturated rings. The van der Waals surface area contributed by atoms with Crippen molar-refractivity contribution in [1.82, 2.24) is 4.90 Å². The molecule has 4 heteroatoms. The summed E-state index contributed by atoms with van der Waals surface area (Å²) in [6, 6.07) is 10.3. The van der Waals surface area contributed by atoms with Gasteiger partial charge in [0.05, 0.1) is 12.4 Å². The van der Waals surface area contributed by atoms with Crippen molar-refractivity contribution in [2.75, 3.05) is 19.7 Å². The van der Waals surface area contributed by atoms with Crippen molar-refractivity contribution in [2.24, 2.45) is 5.73 Å². The quantitative estimate of drug-likeness (QED) is 0.409. The fraction of sp³-hybridized carbons (Fsp3) is 0.533. The summed E-state index contributed by atoms with van der Waals surface area (Å²) in [6.07, 6.45) is 1.61. The second kappa shape index (κ2) is 8.53. The van der Waals surface area contributed by atoms with Gasteiger partial charge in [-0.25, -0.2) is 0 Å². The van der Waals surface area contributed by atoms with Gasteiger partial charge in [0, 0.05) is 25.6 Å². The molecule has 1 rings (SSSR count). The first kappa shape index (κ1) is 15.5. The molecule has 0 aliphatic carbocycles. The maximum atomic E-state index is 7.28. The van der Waals surface area contributed by atoms with Gasteiger partial charge in [0.2, 0.25) is 0 Å². The standard InChI is InChI=1S/C15H25N3O/c1-13(2)18(11-9-15(16)17)10-6-12-19-14-7-4-3-5-8-14/h3-5,7-8,13H,6,9-12H2,1-2H3,(H3,16,17). The van der Waals surface area contributed by atoms with Gasteiger partial charge in [-0.2, -0.15) is 0 Å². The Morgan fingerprint density at radius 1 is 1.26 bits per heavy atom. The number of ether oxygens (including phenoxy) is 1. The highest BCUT2D eigenvalue weighted by molar-refractivity contribution is 5.76. The Bertz CT molecular complexity index is 365. The van der Waals surface area contributed by atoms with Crippen LogP contribution in [0.1, 0.15) is 26.7 Å². The smallest absolute Gasteiger partial charge is 0.119 e. The van der Waals surface area contributed by atoms with Gasteiger partial charge in [0.25, 0.3) is 0 Å². The zero-order chi connectivity index (χ0) is 14.1. The summed E-state index contributed by atoms with van der Waals surface area (Å²) < 4.78 is 5.67. The highest BCUT2D eigenvalue weighted by Gasteiger charge is 2.09. The molecule has 0 spiro atoms. The second-order valence-corrected chi connectivity index (χ2v) is 4.92. The Labute approximate surface area is 116 Å². The van der Waals surface area contributed by atoms with Crippen LogP contribution in [-0.2, 0) is 0 Å². The Balaban J connectivity index is 2.23. The lowest BCUT2D eigenvalue weighted by Gasteiger charge is -2.26. The molecule has 4 nitrogen and oxygen atoms in total. The lowest BCUT2D eigenvalue weighted by atomic mass is 10.2. The minimum absolute atomic E-state index is 0.256. The summed E-state index contributed by atoms with van der Waals surface area (Å²) in [5.41, 5.74) is 5.40. The molecule has 0 saturated carbocycles. The first-order chi connectivity index (χ1) is 9.09. The molecule has 0 unspecified atom stereocenters. The third-order valence-corrected chi connectivity index (χ3v) is 3.00. The first-order valence-electron chi connectivity index (χ1n) is 6.84. The van der Waals surface area contributed by atoms with E-state index in [0.717, 1.165) is 25.3 Å². The number of nitrogens with two attached hydrogens (primary N) is 1. The predicted octanol–water partition coefficient (Wildman–Crippen LogP) is 2.49. The first-order valence-corrected chi connectivity index (χ1v) is 6.84. The van der Waals surface area contributed by atoms with Crippen molar-refractivity contribution in [2.45, 2.75) is 32.7 Å². The molecule has 0 heterocycles. The third kappa shape index (κ3) is 6.82. The summed E-state index contributed by atoms with van der Waals surface area (Å²) >= 11 is 0. The van der Waals surface area contributed by atoms with E-state index in [1.165, 1.54) is 0 Å². The molecule has 0 amide bonds. The fourth-order valence-electron chi connectivity index (χ4n) is 1.87. The number of para-hydroxylation sites is 1. The minimum Gasteiger partial charge on any atom is -0.494 e. The predicted molar refractivity (Wildman–Crippen MR) is 79.8 cm³/mol. The zero-order valence-corrected chi connectivity index (χ0v) is 11.9. The van der Waals surface area contributed by atoms with E-state index in [1.54, 1.807) is 0 Å². The zero-order valence-electron chi connectivity index (χ0n) is 11.9. The lowest BCUT2D eigenvalue weighted by molar-refractivity contribution is 0.202. The van der Waals surface area contributed by atoms with Gasteiger partial charge in [0.15, 0.2) is 0 Å². The molecular formula is C15H25N3O. The van der Waals surface area contributed by atoms with Crippen molar-refractivity contribution in [3.05, 3.63) is 30.3 Å². The number of amidine groups is 1. The van der Waals surface area contributed by atoms with E-state index in [-0.39, 0.29) is 5.84 Å². The van der Waals surface area contributed by atoms with E-state index < -0.39 is 0 Å². The fourth-order valence-corrected chi connectivity index (χ4v) is 1.87.